The van der Waals surface area contributed by atoms with Gasteiger partial charge < -0.3 is 5.11 Å². The predicted octanol–water partition coefficient (Wildman–Crippen LogP) is 2.66. The standard InChI is InChI=1S/C8H13F3O/c1-2-4-7(12)5-3-6-8(9,10)11/h2,7,12H,1,3-6H2. The highest BCUT2D eigenvalue weighted by atomic mass is 19.4. The summed E-state index contributed by atoms with van der Waals surface area (Å²) >= 11 is 0. The SMILES string of the molecule is C=CCC(O)CCCC(F)(F)F. The minimum atomic E-state index is -4.10. The molecule has 0 rings (SSSR count). The molecule has 0 aliphatic carbocycles. The Balaban J connectivity index is 3.36. The Morgan fingerprint density at radius 3 is 2.42 bits per heavy atom. The Morgan fingerprint density at radius 1 is 1.42 bits per heavy atom. The molecule has 0 fully saturated rings. The number of aliphatic hydroxyl groups is 1. The molecule has 0 bridgehead atoms. The molecular formula is C8H13F3O. The van der Waals surface area contributed by atoms with Gasteiger partial charge in [0.2, 0.25) is 0 Å². The molecule has 1 N–H and O–H groups in total. The molecule has 72 valence electrons. The second-order valence-electron chi connectivity index (χ2n) is 2.69. The monoisotopic (exact) mass is 182 g/mol. The van der Waals surface area contributed by atoms with Crippen molar-refractivity contribution in [2.24, 2.45) is 0 Å². The summed E-state index contributed by atoms with van der Waals surface area (Å²) in [6.07, 6.45) is -3.57. The predicted molar refractivity (Wildman–Crippen MR) is 40.7 cm³/mol. The molecule has 0 saturated heterocycles. The lowest BCUT2D eigenvalue weighted by molar-refractivity contribution is -0.136. The van der Waals surface area contributed by atoms with E-state index >= 15 is 0 Å². The molecular weight excluding hydrogens is 169 g/mol. The van der Waals surface area contributed by atoms with Crippen molar-refractivity contribution in [3.05, 3.63) is 12.7 Å². The van der Waals surface area contributed by atoms with E-state index in [0.29, 0.717) is 6.42 Å². The lowest BCUT2D eigenvalue weighted by Crippen LogP contribution is -2.10. The van der Waals surface area contributed by atoms with Crippen molar-refractivity contribution in [3.63, 3.8) is 0 Å². The first-order valence-electron chi connectivity index (χ1n) is 3.81. The summed E-state index contributed by atoms with van der Waals surface area (Å²) in [6.45, 7) is 3.38. The zero-order valence-electron chi connectivity index (χ0n) is 6.77. The molecule has 0 aliphatic heterocycles. The van der Waals surface area contributed by atoms with E-state index in [1.54, 1.807) is 0 Å². The van der Waals surface area contributed by atoms with E-state index < -0.39 is 18.7 Å². The van der Waals surface area contributed by atoms with E-state index in [0.717, 1.165) is 0 Å². The van der Waals surface area contributed by atoms with Crippen molar-refractivity contribution in [1.82, 2.24) is 0 Å². The maximum absolute atomic E-state index is 11.6. The Hall–Kier alpha value is -0.510. The molecule has 0 amide bonds. The maximum atomic E-state index is 11.6. The van der Waals surface area contributed by atoms with Crippen LogP contribution in [-0.2, 0) is 0 Å². The van der Waals surface area contributed by atoms with Gasteiger partial charge >= 0.3 is 6.18 Å². The average molecular weight is 182 g/mol. The molecule has 12 heavy (non-hydrogen) atoms. The van der Waals surface area contributed by atoms with Gasteiger partial charge in [-0.1, -0.05) is 6.08 Å². The van der Waals surface area contributed by atoms with Crippen LogP contribution in [0.15, 0.2) is 12.7 Å². The van der Waals surface area contributed by atoms with Gasteiger partial charge in [0.1, 0.15) is 0 Å². The van der Waals surface area contributed by atoms with Gasteiger partial charge in [-0.3, -0.25) is 0 Å². The summed E-state index contributed by atoms with van der Waals surface area (Å²) < 4.78 is 34.8. The largest absolute Gasteiger partial charge is 0.393 e. The Kier molecular flexibility index (Phi) is 4.97. The van der Waals surface area contributed by atoms with E-state index in [9.17, 15) is 13.2 Å². The minimum Gasteiger partial charge on any atom is -0.393 e. The van der Waals surface area contributed by atoms with Crippen molar-refractivity contribution in [2.75, 3.05) is 0 Å². The first-order chi connectivity index (χ1) is 5.45. The molecule has 1 nitrogen and oxygen atoms in total. The lowest BCUT2D eigenvalue weighted by Gasteiger charge is -2.08. The first-order valence-corrected chi connectivity index (χ1v) is 3.81. The van der Waals surface area contributed by atoms with E-state index in [4.69, 9.17) is 5.11 Å². The molecule has 0 aromatic carbocycles. The van der Waals surface area contributed by atoms with Crippen LogP contribution in [0.4, 0.5) is 13.2 Å². The van der Waals surface area contributed by atoms with Crippen LogP contribution in [0.2, 0.25) is 0 Å². The third kappa shape index (κ3) is 7.60. The number of halogens is 3. The van der Waals surface area contributed by atoms with Crippen LogP contribution >= 0.6 is 0 Å². The van der Waals surface area contributed by atoms with Gasteiger partial charge in [-0.2, -0.15) is 13.2 Å². The van der Waals surface area contributed by atoms with Gasteiger partial charge in [0.15, 0.2) is 0 Å². The summed E-state index contributed by atoms with van der Waals surface area (Å²) in [4.78, 5) is 0. The molecule has 0 aliphatic rings. The molecule has 1 unspecified atom stereocenters. The quantitative estimate of drug-likeness (QED) is 0.648. The fraction of sp³-hybridized carbons (Fsp3) is 0.750. The molecule has 0 aromatic heterocycles. The molecule has 0 spiro atoms. The fourth-order valence-electron chi connectivity index (χ4n) is 0.848. The van der Waals surface area contributed by atoms with Crippen LogP contribution in [0, 0.1) is 0 Å². The molecule has 0 radical (unpaired) electrons. The van der Waals surface area contributed by atoms with Crippen LogP contribution in [0.3, 0.4) is 0 Å². The number of alkyl halides is 3. The van der Waals surface area contributed by atoms with Crippen molar-refractivity contribution in [2.45, 2.75) is 38.0 Å². The lowest BCUT2D eigenvalue weighted by atomic mass is 10.1. The zero-order chi connectivity index (χ0) is 9.61. The third-order valence-electron chi connectivity index (χ3n) is 1.44. The zero-order valence-corrected chi connectivity index (χ0v) is 6.77. The van der Waals surface area contributed by atoms with Crippen LogP contribution in [0.25, 0.3) is 0 Å². The molecule has 1 atom stereocenters. The summed E-state index contributed by atoms with van der Waals surface area (Å²) in [5, 5.41) is 9.01. The van der Waals surface area contributed by atoms with E-state index in [-0.39, 0.29) is 12.8 Å². The first kappa shape index (κ1) is 11.5. The topological polar surface area (TPSA) is 20.2 Å². The van der Waals surface area contributed by atoms with Crippen molar-refractivity contribution in [3.8, 4) is 0 Å². The van der Waals surface area contributed by atoms with Gasteiger partial charge in [-0.05, 0) is 19.3 Å². The summed E-state index contributed by atoms with van der Waals surface area (Å²) in [5.74, 6) is 0. The molecule has 0 aromatic rings. The fourth-order valence-corrected chi connectivity index (χ4v) is 0.848. The van der Waals surface area contributed by atoms with E-state index in [1.807, 2.05) is 0 Å². The molecule has 0 saturated carbocycles. The second kappa shape index (κ2) is 5.19. The summed E-state index contributed by atoms with van der Waals surface area (Å²) in [5.41, 5.74) is 0. The minimum absolute atomic E-state index is 0.0154. The summed E-state index contributed by atoms with van der Waals surface area (Å²) in [6, 6.07) is 0. The van der Waals surface area contributed by atoms with Crippen LogP contribution in [-0.4, -0.2) is 17.4 Å². The Labute approximate surface area is 69.9 Å². The van der Waals surface area contributed by atoms with Crippen molar-refractivity contribution >= 4 is 0 Å². The highest BCUT2D eigenvalue weighted by Gasteiger charge is 2.26. The van der Waals surface area contributed by atoms with Crippen LogP contribution in [0.1, 0.15) is 25.7 Å². The van der Waals surface area contributed by atoms with E-state index in [2.05, 4.69) is 6.58 Å². The van der Waals surface area contributed by atoms with Gasteiger partial charge in [0.05, 0.1) is 6.10 Å². The smallest absolute Gasteiger partial charge is 0.389 e. The van der Waals surface area contributed by atoms with Crippen LogP contribution in [0.5, 0.6) is 0 Å². The third-order valence-corrected chi connectivity index (χ3v) is 1.44. The summed E-state index contributed by atoms with van der Waals surface area (Å²) in [7, 11) is 0. The Bertz CT molecular complexity index is 131. The highest BCUT2D eigenvalue weighted by molar-refractivity contribution is 4.72. The van der Waals surface area contributed by atoms with Crippen molar-refractivity contribution in [1.29, 1.82) is 0 Å². The van der Waals surface area contributed by atoms with Crippen molar-refractivity contribution < 1.29 is 18.3 Å². The van der Waals surface area contributed by atoms with Crippen LogP contribution < -0.4 is 0 Å². The number of hydrogen-bond acceptors (Lipinski definition) is 1. The number of aliphatic hydroxyl groups excluding tert-OH is 1. The highest BCUT2D eigenvalue weighted by Crippen LogP contribution is 2.22. The average Bonchev–Trinajstić information content (AvgIpc) is 1.84. The maximum Gasteiger partial charge on any atom is 0.389 e. The van der Waals surface area contributed by atoms with Gasteiger partial charge in [-0.15, -0.1) is 6.58 Å². The van der Waals surface area contributed by atoms with Gasteiger partial charge in [0.25, 0.3) is 0 Å². The number of hydrogen-bond donors (Lipinski definition) is 1. The van der Waals surface area contributed by atoms with Gasteiger partial charge in [0, 0.05) is 6.42 Å². The molecule has 4 heteroatoms. The number of rotatable bonds is 5. The van der Waals surface area contributed by atoms with E-state index in [1.165, 1.54) is 6.08 Å². The second-order valence-corrected chi connectivity index (χ2v) is 2.69. The molecule has 0 heterocycles. The Morgan fingerprint density at radius 2 is 2.00 bits per heavy atom. The normalized spacial score (nSPS) is 14.3. The van der Waals surface area contributed by atoms with Gasteiger partial charge in [-0.25, -0.2) is 0 Å².